The highest BCUT2D eigenvalue weighted by atomic mass is 35.5. The van der Waals surface area contributed by atoms with Crippen LogP contribution in [0.4, 0.5) is 5.69 Å². The number of nitrogens with zero attached hydrogens (tertiary/aromatic N) is 1. The summed E-state index contributed by atoms with van der Waals surface area (Å²) in [6.07, 6.45) is 0.934. The lowest BCUT2D eigenvalue weighted by Gasteiger charge is -2.19. The van der Waals surface area contributed by atoms with Crippen LogP contribution in [0.25, 0.3) is 0 Å². The third-order valence-electron chi connectivity index (χ3n) is 3.36. The summed E-state index contributed by atoms with van der Waals surface area (Å²) >= 11 is 6.06. The molecule has 0 fully saturated rings. The van der Waals surface area contributed by atoms with Gasteiger partial charge in [0.05, 0.1) is 23.7 Å². The van der Waals surface area contributed by atoms with Crippen molar-refractivity contribution in [3.8, 4) is 11.8 Å². The van der Waals surface area contributed by atoms with Crippen LogP contribution >= 0.6 is 11.6 Å². The van der Waals surface area contributed by atoms with Crippen LogP contribution in [0.2, 0.25) is 5.02 Å². The topological polar surface area (TPSA) is 45.0 Å². The standard InChI is InChI=1S/C17H17ClN2O/c1-3-17(12-5-8-15(21-2)9-6-12)20-14-7-4-13(11-19)16(18)10-14/h4-10,17,20H,3H2,1-2H3. The van der Waals surface area contributed by atoms with Crippen LogP contribution in [0.5, 0.6) is 5.75 Å². The quantitative estimate of drug-likeness (QED) is 0.864. The van der Waals surface area contributed by atoms with Gasteiger partial charge in [-0.2, -0.15) is 5.26 Å². The summed E-state index contributed by atoms with van der Waals surface area (Å²) in [5.74, 6) is 0.843. The summed E-state index contributed by atoms with van der Waals surface area (Å²) in [5.41, 5.74) is 2.57. The highest BCUT2D eigenvalue weighted by Gasteiger charge is 2.10. The van der Waals surface area contributed by atoms with E-state index in [1.807, 2.05) is 30.3 Å². The van der Waals surface area contributed by atoms with Gasteiger partial charge >= 0.3 is 0 Å². The van der Waals surface area contributed by atoms with Crippen LogP contribution in [-0.4, -0.2) is 7.11 Å². The van der Waals surface area contributed by atoms with Gasteiger partial charge in [-0.1, -0.05) is 30.7 Å². The van der Waals surface area contributed by atoms with Gasteiger partial charge in [0.2, 0.25) is 0 Å². The lowest BCUT2D eigenvalue weighted by molar-refractivity contribution is 0.414. The van der Waals surface area contributed by atoms with Crippen molar-refractivity contribution in [1.82, 2.24) is 0 Å². The third-order valence-corrected chi connectivity index (χ3v) is 3.67. The fourth-order valence-corrected chi connectivity index (χ4v) is 2.38. The molecule has 0 bridgehead atoms. The molecule has 2 rings (SSSR count). The van der Waals surface area contributed by atoms with Crippen LogP contribution < -0.4 is 10.1 Å². The molecule has 1 atom stereocenters. The molecule has 0 amide bonds. The van der Waals surface area contributed by atoms with Crippen molar-refractivity contribution < 1.29 is 4.74 Å². The van der Waals surface area contributed by atoms with Crippen molar-refractivity contribution in [1.29, 1.82) is 5.26 Å². The minimum atomic E-state index is 0.180. The SMILES string of the molecule is CCC(Nc1ccc(C#N)c(Cl)c1)c1ccc(OC)cc1. The molecule has 0 aliphatic heterocycles. The summed E-state index contributed by atoms with van der Waals surface area (Å²) in [5, 5.41) is 12.8. The van der Waals surface area contributed by atoms with Crippen molar-refractivity contribution in [2.45, 2.75) is 19.4 Å². The molecular weight excluding hydrogens is 284 g/mol. The Bertz CT molecular complexity index is 647. The molecular formula is C17H17ClN2O. The minimum absolute atomic E-state index is 0.180. The highest BCUT2D eigenvalue weighted by molar-refractivity contribution is 6.32. The molecule has 0 saturated heterocycles. The zero-order chi connectivity index (χ0) is 15.2. The molecule has 108 valence electrons. The average molecular weight is 301 g/mol. The lowest BCUT2D eigenvalue weighted by atomic mass is 10.0. The number of nitriles is 1. The number of nitrogens with one attached hydrogen (secondary N) is 1. The molecule has 3 nitrogen and oxygen atoms in total. The first-order valence-electron chi connectivity index (χ1n) is 6.78. The molecule has 0 radical (unpaired) electrons. The number of rotatable bonds is 5. The summed E-state index contributed by atoms with van der Waals surface area (Å²) < 4.78 is 5.17. The second-order valence-electron chi connectivity index (χ2n) is 4.68. The second kappa shape index (κ2) is 7.01. The summed E-state index contributed by atoms with van der Waals surface area (Å²) in [6, 6.07) is 15.6. The molecule has 0 saturated carbocycles. The van der Waals surface area contributed by atoms with Gasteiger partial charge in [0.1, 0.15) is 11.8 Å². The highest BCUT2D eigenvalue weighted by Crippen LogP contribution is 2.27. The zero-order valence-electron chi connectivity index (χ0n) is 12.1. The Labute approximate surface area is 130 Å². The van der Waals surface area contributed by atoms with Crippen LogP contribution in [-0.2, 0) is 0 Å². The van der Waals surface area contributed by atoms with Gasteiger partial charge in [-0.25, -0.2) is 0 Å². The second-order valence-corrected chi connectivity index (χ2v) is 5.09. The van der Waals surface area contributed by atoms with E-state index in [1.165, 1.54) is 5.56 Å². The number of ether oxygens (including phenoxy) is 1. The Morgan fingerprint density at radius 1 is 1.24 bits per heavy atom. The maximum atomic E-state index is 8.90. The largest absolute Gasteiger partial charge is 0.497 e. The minimum Gasteiger partial charge on any atom is -0.497 e. The van der Waals surface area contributed by atoms with Gasteiger partial charge < -0.3 is 10.1 Å². The third kappa shape index (κ3) is 3.68. The first-order chi connectivity index (χ1) is 10.2. The van der Waals surface area contributed by atoms with E-state index in [0.29, 0.717) is 10.6 Å². The van der Waals surface area contributed by atoms with E-state index >= 15 is 0 Å². The number of halogens is 1. The number of hydrogen-bond acceptors (Lipinski definition) is 3. The Morgan fingerprint density at radius 3 is 2.48 bits per heavy atom. The summed E-state index contributed by atoms with van der Waals surface area (Å²) in [6.45, 7) is 2.12. The van der Waals surface area contributed by atoms with Crippen LogP contribution in [0.3, 0.4) is 0 Å². The van der Waals surface area contributed by atoms with E-state index in [9.17, 15) is 0 Å². The monoisotopic (exact) mass is 300 g/mol. The lowest BCUT2D eigenvalue weighted by Crippen LogP contribution is -2.09. The first-order valence-corrected chi connectivity index (χ1v) is 7.16. The Balaban J connectivity index is 2.18. The normalized spacial score (nSPS) is 11.5. The predicted molar refractivity (Wildman–Crippen MR) is 85.8 cm³/mol. The van der Waals surface area contributed by atoms with E-state index in [-0.39, 0.29) is 6.04 Å². The molecule has 0 aromatic heterocycles. The average Bonchev–Trinajstić information content (AvgIpc) is 2.53. The van der Waals surface area contributed by atoms with Gasteiger partial charge in [0.25, 0.3) is 0 Å². The summed E-state index contributed by atoms with van der Waals surface area (Å²) in [4.78, 5) is 0. The Kier molecular flexibility index (Phi) is 5.08. The molecule has 1 unspecified atom stereocenters. The van der Waals surface area contributed by atoms with Crippen LogP contribution in [0.1, 0.15) is 30.5 Å². The number of anilines is 1. The van der Waals surface area contributed by atoms with Crippen LogP contribution in [0, 0.1) is 11.3 Å². The smallest absolute Gasteiger partial charge is 0.118 e. The van der Waals surface area contributed by atoms with Crippen molar-refractivity contribution in [3.63, 3.8) is 0 Å². The number of benzene rings is 2. The van der Waals surface area contributed by atoms with E-state index in [2.05, 4.69) is 18.3 Å². The fraction of sp³-hybridized carbons (Fsp3) is 0.235. The molecule has 0 spiro atoms. The van der Waals surface area contributed by atoms with Gasteiger partial charge in [0, 0.05) is 5.69 Å². The Morgan fingerprint density at radius 2 is 1.95 bits per heavy atom. The predicted octanol–water partition coefficient (Wildman–Crippen LogP) is 4.78. The maximum Gasteiger partial charge on any atom is 0.118 e. The van der Waals surface area contributed by atoms with E-state index < -0.39 is 0 Å². The van der Waals surface area contributed by atoms with Crippen molar-refractivity contribution in [3.05, 3.63) is 58.6 Å². The van der Waals surface area contributed by atoms with E-state index in [4.69, 9.17) is 21.6 Å². The first kappa shape index (κ1) is 15.2. The maximum absolute atomic E-state index is 8.90. The van der Waals surface area contributed by atoms with Gasteiger partial charge in [-0.3, -0.25) is 0 Å². The molecule has 0 heterocycles. The molecule has 0 aliphatic rings. The molecule has 21 heavy (non-hydrogen) atoms. The number of hydrogen-bond donors (Lipinski definition) is 1. The van der Waals surface area contributed by atoms with E-state index in [0.717, 1.165) is 17.9 Å². The van der Waals surface area contributed by atoms with E-state index in [1.54, 1.807) is 19.2 Å². The molecule has 0 aliphatic carbocycles. The fourth-order valence-electron chi connectivity index (χ4n) is 2.15. The number of methoxy groups -OCH3 is 1. The molecule has 2 aromatic rings. The van der Waals surface area contributed by atoms with Crippen LogP contribution in [0.15, 0.2) is 42.5 Å². The Hall–Kier alpha value is -2.18. The van der Waals surface area contributed by atoms with Gasteiger partial charge in [-0.05, 0) is 42.3 Å². The zero-order valence-corrected chi connectivity index (χ0v) is 12.8. The molecule has 1 N–H and O–H groups in total. The summed E-state index contributed by atoms with van der Waals surface area (Å²) in [7, 11) is 1.66. The molecule has 2 aromatic carbocycles. The molecule has 4 heteroatoms. The van der Waals surface area contributed by atoms with Gasteiger partial charge in [0.15, 0.2) is 0 Å². The van der Waals surface area contributed by atoms with Crippen molar-refractivity contribution in [2.24, 2.45) is 0 Å². The van der Waals surface area contributed by atoms with Gasteiger partial charge in [-0.15, -0.1) is 0 Å². The van der Waals surface area contributed by atoms with Crippen molar-refractivity contribution in [2.75, 3.05) is 12.4 Å². The van der Waals surface area contributed by atoms with Crippen molar-refractivity contribution >= 4 is 17.3 Å².